The molecule has 6 unspecified atom stereocenters. The molecule has 2 saturated heterocycles. The van der Waals surface area contributed by atoms with Crippen molar-refractivity contribution in [3.05, 3.63) is 23.8 Å². The summed E-state index contributed by atoms with van der Waals surface area (Å²) in [7, 11) is 0. The zero-order chi connectivity index (χ0) is 17.5. The Bertz CT molecular complexity index is 552. The monoisotopic (exact) mass is 334 g/mol. The number of hydrogen-bond acceptors (Lipinski definition) is 4. The van der Waals surface area contributed by atoms with Gasteiger partial charge in [-0.1, -0.05) is 25.2 Å². The number of esters is 1. The van der Waals surface area contributed by atoms with Crippen LogP contribution in [0.2, 0.25) is 0 Å². The predicted molar refractivity (Wildman–Crippen MR) is 92.4 cm³/mol. The van der Waals surface area contributed by atoms with E-state index in [1.54, 1.807) is 0 Å². The van der Waals surface area contributed by atoms with Crippen molar-refractivity contribution in [3.63, 3.8) is 0 Å². The molecule has 1 aliphatic carbocycles. The van der Waals surface area contributed by atoms with E-state index in [1.165, 1.54) is 5.57 Å². The van der Waals surface area contributed by atoms with E-state index in [-0.39, 0.29) is 29.5 Å². The minimum absolute atomic E-state index is 0.0958. The second kappa shape index (κ2) is 6.64. The molecule has 2 fully saturated rings. The van der Waals surface area contributed by atoms with Crippen LogP contribution in [-0.2, 0) is 14.3 Å². The van der Waals surface area contributed by atoms with Crippen molar-refractivity contribution in [3.8, 4) is 0 Å². The van der Waals surface area contributed by atoms with Crippen LogP contribution in [0.15, 0.2) is 23.8 Å². The predicted octanol–water partition coefficient (Wildman–Crippen LogP) is 3.54. The molecule has 0 aromatic heterocycles. The molecule has 0 aromatic rings. The van der Waals surface area contributed by atoms with E-state index < -0.39 is 12.2 Å². The Morgan fingerprint density at radius 1 is 1.42 bits per heavy atom. The van der Waals surface area contributed by atoms with Gasteiger partial charge < -0.3 is 14.6 Å². The normalized spacial score (nSPS) is 46.2. The Kier molecular flexibility index (Phi) is 4.89. The highest BCUT2D eigenvalue weighted by Crippen LogP contribution is 2.47. The average Bonchev–Trinajstić information content (AvgIpc) is 3.08. The highest BCUT2D eigenvalue weighted by molar-refractivity contribution is 5.90. The molecule has 2 aliphatic heterocycles. The van der Waals surface area contributed by atoms with Gasteiger partial charge in [0, 0.05) is 11.5 Å². The molecular weight excluding hydrogens is 304 g/mol. The van der Waals surface area contributed by atoms with Crippen LogP contribution in [0.4, 0.5) is 0 Å². The first-order chi connectivity index (χ1) is 11.3. The van der Waals surface area contributed by atoms with E-state index in [2.05, 4.69) is 26.5 Å². The van der Waals surface area contributed by atoms with E-state index in [4.69, 9.17) is 9.47 Å². The molecule has 0 amide bonds. The molecule has 3 rings (SSSR count). The standard InChI is InChI=1S/C20H30O4/c1-12-7-5-9-13(2)17(21)18-15(14(3)19(22)23-18)11-16-20(4,24-16)10-6-8-12/h8,13,15-18,21H,3,5-7,9-11H2,1-2,4H3/b12-8-. The molecule has 2 heterocycles. The Balaban J connectivity index is 1.79. The second-order valence-electron chi connectivity index (χ2n) is 8.11. The summed E-state index contributed by atoms with van der Waals surface area (Å²) in [6.07, 6.45) is 7.07. The van der Waals surface area contributed by atoms with Crippen molar-refractivity contribution in [1.29, 1.82) is 0 Å². The van der Waals surface area contributed by atoms with Crippen LogP contribution in [0.25, 0.3) is 0 Å². The molecule has 0 aromatic carbocycles. The number of rotatable bonds is 0. The Labute approximate surface area is 144 Å². The first-order valence-corrected chi connectivity index (χ1v) is 9.23. The Hall–Kier alpha value is -1.13. The van der Waals surface area contributed by atoms with Crippen molar-refractivity contribution in [2.75, 3.05) is 0 Å². The summed E-state index contributed by atoms with van der Waals surface area (Å²) in [5.41, 5.74) is 1.79. The van der Waals surface area contributed by atoms with E-state index >= 15 is 0 Å². The lowest BCUT2D eigenvalue weighted by Crippen LogP contribution is -2.37. The van der Waals surface area contributed by atoms with Crippen molar-refractivity contribution < 1.29 is 19.4 Å². The van der Waals surface area contributed by atoms with E-state index in [9.17, 15) is 9.90 Å². The number of ether oxygens (including phenoxy) is 2. The van der Waals surface area contributed by atoms with Crippen LogP contribution < -0.4 is 0 Å². The van der Waals surface area contributed by atoms with Crippen LogP contribution in [0, 0.1) is 11.8 Å². The van der Waals surface area contributed by atoms with Gasteiger partial charge in [-0.2, -0.15) is 0 Å². The molecule has 0 spiro atoms. The minimum Gasteiger partial charge on any atom is -0.456 e. The van der Waals surface area contributed by atoms with Gasteiger partial charge in [0.2, 0.25) is 0 Å². The van der Waals surface area contributed by atoms with Crippen molar-refractivity contribution in [2.45, 2.75) is 83.2 Å². The van der Waals surface area contributed by atoms with Gasteiger partial charge >= 0.3 is 5.97 Å². The summed E-state index contributed by atoms with van der Waals surface area (Å²) >= 11 is 0. The highest BCUT2D eigenvalue weighted by atomic mass is 16.6. The second-order valence-corrected chi connectivity index (χ2v) is 8.11. The van der Waals surface area contributed by atoms with Gasteiger partial charge in [-0.15, -0.1) is 0 Å². The fourth-order valence-electron chi connectivity index (χ4n) is 4.16. The van der Waals surface area contributed by atoms with E-state index in [0.29, 0.717) is 12.0 Å². The summed E-state index contributed by atoms with van der Waals surface area (Å²) in [5, 5.41) is 10.7. The summed E-state index contributed by atoms with van der Waals surface area (Å²) in [6.45, 7) is 10.3. The molecule has 4 nitrogen and oxygen atoms in total. The van der Waals surface area contributed by atoms with Gasteiger partial charge in [-0.25, -0.2) is 4.79 Å². The van der Waals surface area contributed by atoms with Crippen molar-refractivity contribution in [2.24, 2.45) is 11.8 Å². The van der Waals surface area contributed by atoms with E-state index in [0.717, 1.165) is 32.1 Å². The molecule has 24 heavy (non-hydrogen) atoms. The molecule has 0 saturated carbocycles. The van der Waals surface area contributed by atoms with Crippen LogP contribution in [-0.4, -0.2) is 35.0 Å². The number of allylic oxidation sites excluding steroid dienone is 2. The summed E-state index contributed by atoms with van der Waals surface area (Å²) < 4.78 is 11.4. The fourth-order valence-corrected chi connectivity index (χ4v) is 4.16. The zero-order valence-electron chi connectivity index (χ0n) is 15.1. The first-order valence-electron chi connectivity index (χ1n) is 9.23. The zero-order valence-corrected chi connectivity index (χ0v) is 15.1. The number of aliphatic hydroxyl groups excluding tert-OH is 1. The molecular formula is C20H30O4. The molecule has 4 heteroatoms. The third-order valence-electron chi connectivity index (χ3n) is 6.14. The maximum atomic E-state index is 12.0. The van der Waals surface area contributed by atoms with Crippen LogP contribution >= 0.6 is 0 Å². The average molecular weight is 334 g/mol. The SMILES string of the molecule is C=C1C(=O)OC2C1CC1OC1(C)CC/C=C(/C)CCCC(C)C2O. The maximum Gasteiger partial charge on any atom is 0.334 e. The highest BCUT2D eigenvalue weighted by Gasteiger charge is 2.55. The third-order valence-corrected chi connectivity index (χ3v) is 6.14. The van der Waals surface area contributed by atoms with Gasteiger partial charge in [0.15, 0.2) is 0 Å². The van der Waals surface area contributed by atoms with Gasteiger partial charge in [0.25, 0.3) is 0 Å². The smallest absolute Gasteiger partial charge is 0.334 e. The molecule has 3 aliphatic rings. The van der Waals surface area contributed by atoms with E-state index in [1.807, 2.05) is 6.92 Å². The Morgan fingerprint density at radius 3 is 2.92 bits per heavy atom. The number of hydrogen-bond donors (Lipinski definition) is 1. The van der Waals surface area contributed by atoms with Gasteiger partial charge in [0.05, 0.1) is 17.8 Å². The number of epoxide rings is 1. The van der Waals surface area contributed by atoms with Gasteiger partial charge in [-0.05, 0) is 58.3 Å². The number of carbonyl (C=O) groups is 1. The lowest BCUT2D eigenvalue weighted by Gasteiger charge is -2.27. The first kappa shape index (κ1) is 17.7. The molecule has 6 atom stereocenters. The van der Waals surface area contributed by atoms with Crippen molar-refractivity contribution >= 4 is 5.97 Å². The largest absolute Gasteiger partial charge is 0.456 e. The van der Waals surface area contributed by atoms with Crippen LogP contribution in [0.1, 0.15) is 59.3 Å². The van der Waals surface area contributed by atoms with Crippen LogP contribution in [0.3, 0.4) is 0 Å². The van der Waals surface area contributed by atoms with Crippen LogP contribution in [0.5, 0.6) is 0 Å². The lowest BCUT2D eigenvalue weighted by atomic mass is 9.82. The number of fused-ring (bicyclic) bond motifs is 2. The number of aliphatic hydroxyl groups is 1. The lowest BCUT2D eigenvalue weighted by molar-refractivity contribution is -0.146. The summed E-state index contributed by atoms with van der Waals surface area (Å²) in [4.78, 5) is 12.0. The third kappa shape index (κ3) is 3.45. The topological polar surface area (TPSA) is 59.1 Å². The maximum absolute atomic E-state index is 12.0. The summed E-state index contributed by atoms with van der Waals surface area (Å²) in [6, 6.07) is 0. The molecule has 134 valence electrons. The quantitative estimate of drug-likeness (QED) is 0.319. The fraction of sp³-hybridized carbons (Fsp3) is 0.750. The Morgan fingerprint density at radius 2 is 2.17 bits per heavy atom. The minimum atomic E-state index is -0.643. The molecule has 0 bridgehead atoms. The number of carbonyl (C=O) groups excluding carboxylic acids is 1. The molecule has 1 N–H and O–H groups in total. The van der Waals surface area contributed by atoms with Gasteiger partial charge in [0.1, 0.15) is 6.10 Å². The summed E-state index contributed by atoms with van der Waals surface area (Å²) in [5.74, 6) is -0.402. The molecule has 0 radical (unpaired) electrons. The van der Waals surface area contributed by atoms with Gasteiger partial charge in [-0.3, -0.25) is 0 Å². The van der Waals surface area contributed by atoms with Crippen molar-refractivity contribution in [1.82, 2.24) is 0 Å².